The number of nitrogens with one attached hydrogen (secondary N) is 2. The molecule has 0 fully saturated rings. The first kappa shape index (κ1) is 16.1. The van der Waals surface area contributed by atoms with E-state index >= 15 is 0 Å². The molecule has 0 aliphatic carbocycles. The number of carbonyl (C=O) groups excluding carboxylic acids is 3. The zero-order valence-corrected chi connectivity index (χ0v) is 14.0. The number of benzene rings is 2. The predicted molar refractivity (Wildman–Crippen MR) is 98.0 cm³/mol. The van der Waals surface area contributed by atoms with Gasteiger partial charge in [-0.2, -0.15) is 0 Å². The van der Waals surface area contributed by atoms with Crippen LogP contribution >= 0.6 is 0 Å². The summed E-state index contributed by atoms with van der Waals surface area (Å²) in [6, 6.07) is 14.4. The van der Waals surface area contributed by atoms with E-state index in [9.17, 15) is 14.4 Å². The molecular weight excluding hydrogens is 330 g/mol. The molecular formula is C20H17N3O3. The van der Waals surface area contributed by atoms with Crippen molar-refractivity contribution in [2.45, 2.75) is 12.8 Å². The lowest BCUT2D eigenvalue weighted by Crippen LogP contribution is -2.31. The fraction of sp³-hybridized carbons (Fsp3) is 0.150. The highest BCUT2D eigenvalue weighted by Crippen LogP contribution is 2.23. The molecule has 0 bridgehead atoms. The smallest absolute Gasteiger partial charge is 0.261 e. The number of aromatic amines is 1. The maximum atomic E-state index is 12.3. The van der Waals surface area contributed by atoms with E-state index in [4.69, 9.17) is 0 Å². The Morgan fingerprint density at radius 3 is 2.46 bits per heavy atom. The summed E-state index contributed by atoms with van der Waals surface area (Å²) in [5.41, 5.74) is 2.60. The minimum absolute atomic E-state index is 0.142. The molecule has 3 aromatic rings. The number of rotatable bonds is 5. The number of hydrogen-bond donors (Lipinski definition) is 2. The van der Waals surface area contributed by atoms with E-state index in [0.29, 0.717) is 17.5 Å². The van der Waals surface area contributed by atoms with E-state index in [1.165, 1.54) is 4.90 Å². The summed E-state index contributed by atoms with van der Waals surface area (Å²) in [7, 11) is 0. The Labute approximate surface area is 149 Å². The fourth-order valence-electron chi connectivity index (χ4n) is 3.19. The predicted octanol–water partition coefficient (Wildman–Crippen LogP) is 3.18. The molecule has 6 nitrogen and oxygen atoms in total. The molecule has 0 saturated carbocycles. The van der Waals surface area contributed by atoms with Gasteiger partial charge < -0.3 is 10.3 Å². The highest BCUT2D eigenvalue weighted by Gasteiger charge is 2.34. The van der Waals surface area contributed by atoms with Gasteiger partial charge in [-0.25, -0.2) is 0 Å². The first-order chi connectivity index (χ1) is 12.6. The standard InChI is InChI=1S/C20H17N3O3/c24-18(22-14-7-8-17-13(12-14)9-10-21-17)6-3-11-23-19(25)15-4-1-2-5-16(15)20(23)26/h1-2,4-5,7-10,12,21H,3,6,11H2,(H,22,24). The van der Waals surface area contributed by atoms with E-state index in [2.05, 4.69) is 10.3 Å². The molecule has 1 aliphatic rings. The second-order valence-electron chi connectivity index (χ2n) is 6.24. The van der Waals surface area contributed by atoms with E-state index in [0.717, 1.165) is 16.6 Å². The van der Waals surface area contributed by atoms with E-state index in [-0.39, 0.29) is 30.7 Å². The van der Waals surface area contributed by atoms with Crippen molar-refractivity contribution < 1.29 is 14.4 Å². The Morgan fingerprint density at radius 1 is 1.00 bits per heavy atom. The van der Waals surface area contributed by atoms with Gasteiger partial charge in [0.15, 0.2) is 0 Å². The van der Waals surface area contributed by atoms with Gasteiger partial charge in [0, 0.05) is 35.8 Å². The highest BCUT2D eigenvalue weighted by atomic mass is 16.2. The van der Waals surface area contributed by atoms with Gasteiger partial charge in [0.2, 0.25) is 5.91 Å². The normalized spacial score (nSPS) is 13.3. The average Bonchev–Trinajstić information content (AvgIpc) is 3.20. The van der Waals surface area contributed by atoms with Crippen LogP contribution in [0.25, 0.3) is 10.9 Å². The Kier molecular flexibility index (Phi) is 4.01. The monoisotopic (exact) mass is 347 g/mol. The molecule has 6 heteroatoms. The van der Waals surface area contributed by atoms with Crippen LogP contribution in [-0.2, 0) is 4.79 Å². The molecule has 3 amide bonds. The first-order valence-corrected chi connectivity index (χ1v) is 8.46. The minimum Gasteiger partial charge on any atom is -0.361 e. The summed E-state index contributed by atoms with van der Waals surface area (Å²) >= 11 is 0. The fourth-order valence-corrected chi connectivity index (χ4v) is 3.19. The van der Waals surface area contributed by atoms with Crippen molar-refractivity contribution >= 4 is 34.3 Å². The lowest BCUT2D eigenvalue weighted by Gasteiger charge is -2.13. The largest absolute Gasteiger partial charge is 0.361 e. The number of anilines is 1. The number of amides is 3. The van der Waals surface area contributed by atoms with Crippen LogP contribution in [0.5, 0.6) is 0 Å². The Bertz CT molecular complexity index is 987. The Hall–Kier alpha value is -3.41. The molecule has 0 atom stereocenters. The molecule has 1 aliphatic heterocycles. The second kappa shape index (κ2) is 6.48. The number of carbonyl (C=O) groups is 3. The summed E-state index contributed by atoms with van der Waals surface area (Å²) in [4.78, 5) is 41.0. The van der Waals surface area contributed by atoms with Crippen LogP contribution in [0.3, 0.4) is 0 Å². The SMILES string of the molecule is O=C(CCCN1C(=O)c2ccccc2C1=O)Nc1ccc2[nH]ccc2c1. The van der Waals surface area contributed by atoms with Gasteiger partial charge in [0.25, 0.3) is 11.8 Å². The molecule has 0 spiro atoms. The van der Waals surface area contributed by atoms with Crippen LogP contribution in [0, 0.1) is 0 Å². The summed E-state index contributed by atoms with van der Waals surface area (Å²) in [6.07, 6.45) is 2.50. The lowest BCUT2D eigenvalue weighted by atomic mass is 10.1. The number of nitrogens with zero attached hydrogens (tertiary/aromatic N) is 1. The van der Waals surface area contributed by atoms with Gasteiger partial charge >= 0.3 is 0 Å². The van der Waals surface area contributed by atoms with Crippen molar-refractivity contribution in [1.82, 2.24) is 9.88 Å². The zero-order valence-electron chi connectivity index (χ0n) is 14.0. The van der Waals surface area contributed by atoms with Crippen molar-refractivity contribution in [3.63, 3.8) is 0 Å². The van der Waals surface area contributed by atoms with Crippen LogP contribution < -0.4 is 5.32 Å². The van der Waals surface area contributed by atoms with Crippen LogP contribution in [0.4, 0.5) is 5.69 Å². The third kappa shape index (κ3) is 2.86. The summed E-state index contributed by atoms with van der Waals surface area (Å²) < 4.78 is 0. The molecule has 0 radical (unpaired) electrons. The molecule has 2 heterocycles. The molecule has 2 N–H and O–H groups in total. The van der Waals surface area contributed by atoms with Gasteiger partial charge in [-0.3, -0.25) is 19.3 Å². The highest BCUT2D eigenvalue weighted by molar-refractivity contribution is 6.21. The van der Waals surface area contributed by atoms with Crippen LogP contribution in [-0.4, -0.2) is 34.2 Å². The third-order valence-electron chi connectivity index (χ3n) is 4.50. The van der Waals surface area contributed by atoms with E-state index in [1.54, 1.807) is 24.3 Å². The van der Waals surface area contributed by atoms with Gasteiger partial charge in [-0.1, -0.05) is 12.1 Å². The molecule has 1 aromatic heterocycles. The molecule has 0 unspecified atom stereocenters. The number of aromatic nitrogens is 1. The third-order valence-corrected chi connectivity index (χ3v) is 4.50. The second-order valence-corrected chi connectivity index (χ2v) is 6.24. The summed E-state index contributed by atoms with van der Waals surface area (Å²) in [5.74, 6) is -0.718. The van der Waals surface area contributed by atoms with Crippen LogP contribution in [0.2, 0.25) is 0 Å². The van der Waals surface area contributed by atoms with Crippen LogP contribution in [0.1, 0.15) is 33.6 Å². The first-order valence-electron chi connectivity index (χ1n) is 8.46. The topological polar surface area (TPSA) is 82.3 Å². The molecule has 130 valence electrons. The number of hydrogen-bond acceptors (Lipinski definition) is 3. The van der Waals surface area contributed by atoms with E-state index in [1.807, 2.05) is 30.5 Å². The van der Waals surface area contributed by atoms with Crippen molar-refractivity contribution in [2.75, 3.05) is 11.9 Å². The van der Waals surface area contributed by atoms with Gasteiger partial charge in [0.1, 0.15) is 0 Å². The van der Waals surface area contributed by atoms with E-state index < -0.39 is 0 Å². The molecule has 4 rings (SSSR count). The van der Waals surface area contributed by atoms with Gasteiger partial charge in [0.05, 0.1) is 11.1 Å². The van der Waals surface area contributed by atoms with Gasteiger partial charge in [-0.05, 0) is 42.8 Å². The number of fused-ring (bicyclic) bond motifs is 2. The summed E-state index contributed by atoms with van der Waals surface area (Å²) in [6.45, 7) is 0.233. The minimum atomic E-state index is -0.288. The molecule has 0 saturated heterocycles. The number of imide groups is 1. The van der Waals surface area contributed by atoms with Crippen LogP contribution in [0.15, 0.2) is 54.7 Å². The Balaban J connectivity index is 1.33. The number of H-pyrrole nitrogens is 1. The molecule has 26 heavy (non-hydrogen) atoms. The van der Waals surface area contributed by atoms with Gasteiger partial charge in [-0.15, -0.1) is 0 Å². The average molecular weight is 347 g/mol. The van der Waals surface area contributed by atoms with Crippen molar-refractivity contribution in [3.05, 3.63) is 65.9 Å². The quantitative estimate of drug-likeness (QED) is 0.696. The van der Waals surface area contributed by atoms with Crippen molar-refractivity contribution in [2.24, 2.45) is 0 Å². The van der Waals surface area contributed by atoms with Crippen molar-refractivity contribution in [1.29, 1.82) is 0 Å². The maximum absolute atomic E-state index is 12.3. The van der Waals surface area contributed by atoms with Crippen molar-refractivity contribution in [3.8, 4) is 0 Å². The zero-order chi connectivity index (χ0) is 18.1. The summed E-state index contributed by atoms with van der Waals surface area (Å²) in [5, 5.41) is 3.87. The lowest BCUT2D eigenvalue weighted by molar-refractivity contribution is -0.116. The molecule has 2 aromatic carbocycles. The Morgan fingerprint density at radius 2 is 1.73 bits per heavy atom. The maximum Gasteiger partial charge on any atom is 0.261 e.